The van der Waals surface area contributed by atoms with E-state index in [1.54, 1.807) is 12.1 Å². The van der Waals surface area contributed by atoms with E-state index in [1.165, 1.54) is 6.07 Å². The summed E-state index contributed by atoms with van der Waals surface area (Å²) in [5, 5.41) is 0. The average Bonchev–Trinajstić information content (AvgIpc) is 2.64. The smallest absolute Gasteiger partial charge is 0.127 e. The van der Waals surface area contributed by atoms with Gasteiger partial charge in [0, 0.05) is 11.3 Å². The lowest BCUT2D eigenvalue weighted by atomic mass is 9.74. The average molecular weight is 222 g/mol. The van der Waals surface area contributed by atoms with Crippen LogP contribution < -0.4 is 0 Å². The van der Waals surface area contributed by atoms with Crippen molar-refractivity contribution in [3.8, 4) is 0 Å². The Morgan fingerprint density at radius 2 is 2.31 bits per heavy atom. The van der Waals surface area contributed by atoms with Crippen LogP contribution in [0.25, 0.3) is 0 Å². The summed E-state index contributed by atoms with van der Waals surface area (Å²) in [5.74, 6) is -0.519. The molecule has 2 nitrogen and oxygen atoms in total. The van der Waals surface area contributed by atoms with Crippen molar-refractivity contribution in [3.63, 3.8) is 0 Å². The number of benzene rings is 1. The molecular formula is C13H15FO2. The van der Waals surface area contributed by atoms with Crippen molar-refractivity contribution >= 4 is 6.29 Å². The Morgan fingerprint density at radius 1 is 1.56 bits per heavy atom. The van der Waals surface area contributed by atoms with Gasteiger partial charge in [0.05, 0.1) is 13.2 Å². The molecule has 1 fully saturated rings. The summed E-state index contributed by atoms with van der Waals surface area (Å²) in [6, 6.07) is 4.99. The molecule has 2 rings (SSSR count). The molecular weight excluding hydrogens is 207 g/mol. The molecule has 1 aromatic carbocycles. The Balaban J connectivity index is 2.49. The van der Waals surface area contributed by atoms with E-state index in [-0.39, 0.29) is 11.7 Å². The first kappa shape index (κ1) is 11.3. The van der Waals surface area contributed by atoms with Gasteiger partial charge in [0.1, 0.15) is 12.1 Å². The van der Waals surface area contributed by atoms with Crippen LogP contribution in [0.5, 0.6) is 0 Å². The van der Waals surface area contributed by atoms with E-state index in [0.717, 1.165) is 11.8 Å². The topological polar surface area (TPSA) is 26.3 Å². The maximum absolute atomic E-state index is 13.8. The monoisotopic (exact) mass is 222 g/mol. The number of halogens is 1. The molecule has 1 unspecified atom stereocenters. The predicted molar refractivity (Wildman–Crippen MR) is 58.9 cm³/mol. The molecule has 3 heteroatoms. The molecule has 0 saturated carbocycles. The molecule has 2 atom stereocenters. The van der Waals surface area contributed by atoms with Crippen molar-refractivity contribution in [3.05, 3.63) is 35.1 Å². The number of aldehydes is 1. The van der Waals surface area contributed by atoms with Crippen molar-refractivity contribution in [1.29, 1.82) is 0 Å². The number of ether oxygens (including phenoxy) is 1. The van der Waals surface area contributed by atoms with Gasteiger partial charge in [-0.05, 0) is 18.6 Å². The van der Waals surface area contributed by atoms with Crippen LogP contribution in [-0.4, -0.2) is 19.5 Å². The highest BCUT2D eigenvalue weighted by molar-refractivity contribution is 5.59. The minimum atomic E-state index is -0.530. The van der Waals surface area contributed by atoms with Crippen LogP contribution in [0.1, 0.15) is 18.1 Å². The molecule has 0 radical (unpaired) electrons. The molecule has 0 spiro atoms. The molecule has 1 heterocycles. The minimum absolute atomic E-state index is 0.259. The molecule has 0 aromatic heterocycles. The zero-order valence-corrected chi connectivity index (χ0v) is 9.50. The van der Waals surface area contributed by atoms with Crippen LogP contribution in [0.3, 0.4) is 0 Å². The van der Waals surface area contributed by atoms with Gasteiger partial charge in [0.15, 0.2) is 0 Å². The summed E-state index contributed by atoms with van der Waals surface area (Å²) < 4.78 is 19.1. The summed E-state index contributed by atoms with van der Waals surface area (Å²) in [7, 11) is 0. The Morgan fingerprint density at radius 3 is 3.00 bits per heavy atom. The maximum atomic E-state index is 13.8. The maximum Gasteiger partial charge on any atom is 0.127 e. The molecule has 1 aromatic rings. The first-order valence-electron chi connectivity index (χ1n) is 5.37. The second-order valence-electron chi connectivity index (χ2n) is 4.66. The fraction of sp³-hybridized carbons (Fsp3) is 0.462. The van der Waals surface area contributed by atoms with Crippen molar-refractivity contribution in [2.24, 2.45) is 5.92 Å². The summed E-state index contributed by atoms with van der Waals surface area (Å²) >= 11 is 0. The third-order valence-corrected chi connectivity index (χ3v) is 3.42. The lowest BCUT2D eigenvalue weighted by Crippen LogP contribution is -2.33. The van der Waals surface area contributed by atoms with Crippen LogP contribution in [0.15, 0.2) is 18.2 Å². The number of carbonyl (C=O) groups is 1. The molecule has 0 amide bonds. The Bertz CT molecular complexity index is 416. The second kappa shape index (κ2) is 3.98. The van der Waals surface area contributed by atoms with E-state index in [2.05, 4.69) is 0 Å². The first-order valence-corrected chi connectivity index (χ1v) is 5.37. The van der Waals surface area contributed by atoms with E-state index in [0.29, 0.717) is 18.8 Å². The first-order chi connectivity index (χ1) is 7.58. The predicted octanol–water partition coefficient (Wildman–Crippen LogP) is 2.24. The standard InChI is InChI=1S/C13H15FO2/c1-9-3-4-12(14)11(5-9)13(2)8-16-7-10(13)6-15/h3-6,10H,7-8H2,1-2H3/t10-,13?/m0/s1. The van der Waals surface area contributed by atoms with Gasteiger partial charge in [-0.15, -0.1) is 0 Å². The fourth-order valence-corrected chi connectivity index (χ4v) is 2.23. The van der Waals surface area contributed by atoms with Crippen LogP contribution in [-0.2, 0) is 14.9 Å². The number of hydrogen-bond donors (Lipinski definition) is 0. The van der Waals surface area contributed by atoms with Crippen molar-refractivity contribution in [2.45, 2.75) is 19.3 Å². The van der Waals surface area contributed by atoms with E-state index < -0.39 is 5.41 Å². The number of carbonyl (C=O) groups excluding carboxylic acids is 1. The van der Waals surface area contributed by atoms with E-state index in [9.17, 15) is 9.18 Å². The van der Waals surface area contributed by atoms with E-state index in [1.807, 2.05) is 13.8 Å². The Labute approximate surface area is 94.4 Å². The Kier molecular flexibility index (Phi) is 2.80. The van der Waals surface area contributed by atoms with Gasteiger partial charge >= 0.3 is 0 Å². The van der Waals surface area contributed by atoms with Gasteiger partial charge in [0.2, 0.25) is 0 Å². The summed E-state index contributed by atoms with van der Waals surface area (Å²) in [4.78, 5) is 11.0. The SMILES string of the molecule is Cc1ccc(F)c(C2(C)COC[C@@H]2C=O)c1. The largest absolute Gasteiger partial charge is 0.380 e. The lowest BCUT2D eigenvalue weighted by molar-refractivity contribution is -0.112. The minimum Gasteiger partial charge on any atom is -0.380 e. The summed E-state index contributed by atoms with van der Waals surface area (Å²) in [6.07, 6.45) is 0.870. The van der Waals surface area contributed by atoms with Crippen molar-refractivity contribution < 1.29 is 13.9 Å². The number of hydrogen-bond acceptors (Lipinski definition) is 2. The molecule has 1 saturated heterocycles. The van der Waals surface area contributed by atoms with Crippen LogP contribution in [0, 0.1) is 18.7 Å². The Hall–Kier alpha value is -1.22. The lowest BCUT2D eigenvalue weighted by Gasteiger charge is -2.27. The normalized spacial score (nSPS) is 29.3. The van der Waals surface area contributed by atoms with Gasteiger partial charge in [-0.1, -0.05) is 24.6 Å². The van der Waals surface area contributed by atoms with Crippen LogP contribution >= 0.6 is 0 Å². The van der Waals surface area contributed by atoms with Gasteiger partial charge in [-0.3, -0.25) is 0 Å². The van der Waals surface area contributed by atoms with E-state index in [4.69, 9.17) is 4.74 Å². The van der Waals surface area contributed by atoms with Gasteiger partial charge in [-0.25, -0.2) is 4.39 Å². The number of rotatable bonds is 2. The highest BCUT2D eigenvalue weighted by Gasteiger charge is 2.42. The molecule has 86 valence electrons. The molecule has 0 aliphatic carbocycles. The fourth-order valence-electron chi connectivity index (χ4n) is 2.23. The molecule has 1 aliphatic heterocycles. The van der Waals surface area contributed by atoms with Gasteiger partial charge in [0.25, 0.3) is 0 Å². The molecule has 1 aliphatic rings. The zero-order chi connectivity index (χ0) is 11.8. The summed E-state index contributed by atoms with van der Waals surface area (Å²) in [6.45, 7) is 4.58. The third-order valence-electron chi connectivity index (χ3n) is 3.42. The van der Waals surface area contributed by atoms with Crippen LogP contribution in [0.2, 0.25) is 0 Å². The highest BCUT2D eigenvalue weighted by atomic mass is 19.1. The molecule has 0 N–H and O–H groups in total. The van der Waals surface area contributed by atoms with Crippen LogP contribution in [0.4, 0.5) is 4.39 Å². The summed E-state index contributed by atoms with van der Waals surface area (Å²) in [5.41, 5.74) is 1.05. The number of aryl methyl sites for hydroxylation is 1. The van der Waals surface area contributed by atoms with E-state index >= 15 is 0 Å². The molecule has 16 heavy (non-hydrogen) atoms. The molecule has 0 bridgehead atoms. The highest BCUT2D eigenvalue weighted by Crippen LogP contribution is 2.38. The van der Waals surface area contributed by atoms with Crippen molar-refractivity contribution in [1.82, 2.24) is 0 Å². The zero-order valence-electron chi connectivity index (χ0n) is 9.50. The van der Waals surface area contributed by atoms with Gasteiger partial charge < -0.3 is 9.53 Å². The quantitative estimate of drug-likeness (QED) is 0.717. The van der Waals surface area contributed by atoms with Gasteiger partial charge in [-0.2, -0.15) is 0 Å². The third kappa shape index (κ3) is 1.65. The van der Waals surface area contributed by atoms with Crippen molar-refractivity contribution in [2.75, 3.05) is 13.2 Å². The second-order valence-corrected chi connectivity index (χ2v) is 4.66.